The Hall–Kier alpha value is -1.60. The van der Waals surface area contributed by atoms with Crippen molar-refractivity contribution in [1.29, 1.82) is 0 Å². The minimum absolute atomic E-state index is 0.386. The summed E-state index contributed by atoms with van der Waals surface area (Å²) < 4.78 is 0. The molecule has 0 fully saturated rings. The maximum absolute atomic E-state index is 3.39. The van der Waals surface area contributed by atoms with Gasteiger partial charge in [-0.15, -0.1) is 0 Å². The Labute approximate surface area is 103 Å². The average Bonchev–Trinajstić information content (AvgIpc) is 2.37. The summed E-state index contributed by atoms with van der Waals surface area (Å²) in [6.07, 6.45) is 1.03. The predicted molar refractivity (Wildman–Crippen MR) is 73.1 cm³/mol. The zero-order chi connectivity index (χ0) is 12.1. The fourth-order valence-corrected chi connectivity index (χ4v) is 2.12. The van der Waals surface area contributed by atoms with Crippen molar-refractivity contribution in [3.05, 3.63) is 71.3 Å². The maximum Gasteiger partial charge on any atom is 0.0358 e. The van der Waals surface area contributed by atoms with Crippen LogP contribution < -0.4 is 5.32 Å². The van der Waals surface area contributed by atoms with Crippen LogP contribution in [0.25, 0.3) is 0 Å². The average molecular weight is 225 g/mol. The van der Waals surface area contributed by atoms with Crippen LogP contribution in [0.4, 0.5) is 0 Å². The van der Waals surface area contributed by atoms with Gasteiger partial charge in [-0.1, -0.05) is 60.2 Å². The van der Waals surface area contributed by atoms with E-state index < -0.39 is 0 Å². The number of rotatable bonds is 4. The van der Waals surface area contributed by atoms with Crippen molar-refractivity contribution < 1.29 is 0 Å². The van der Waals surface area contributed by atoms with Crippen LogP contribution in [-0.2, 0) is 6.42 Å². The lowest BCUT2D eigenvalue weighted by Gasteiger charge is -2.17. The van der Waals surface area contributed by atoms with Crippen LogP contribution in [0.2, 0.25) is 0 Å². The first kappa shape index (κ1) is 11.9. The summed E-state index contributed by atoms with van der Waals surface area (Å²) in [4.78, 5) is 0. The first-order valence-corrected chi connectivity index (χ1v) is 6.07. The van der Waals surface area contributed by atoms with Crippen LogP contribution in [0.3, 0.4) is 0 Å². The first-order valence-electron chi connectivity index (χ1n) is 6.07. The molecule has 0 bridgehead atoms. The van der Waals surface area contributed by atoms with E-state index in [1.165, 1.54) is 16.7 Å². The van der Waals surface area contributed by atoms with E-state index in [0.717, 1.165) is 6.42 Å². The van der Waals surface area contributed by atoms with E-state index in [-0.39, 0.29) is 0 Å². The van der Waals surface area contributed by atoms with Crippen molar-refractivity contribution in [3.8, 4) is 0 Å². The number of hydrogen-bond donors (Lipinski definition) is 1. The molecule has 2 rings (SSSR count). The molecule has 0 saturated carbocycles. The number of likely N-dealkylation sites (N-methyl/N-ethyl adjacent to an activating group) is 1. The number of hydrogen-bond acceptors (Lipinski definition) is 1. The predicted octanol–water partition coefficient (Wildman–Crippen LogP) is 3.50. The lowest BCUT2D eigenvalue weighted by Crippen LogP contribution is -2.18. The van der Waals surface area contributed by atoms with Crippen molar-refractivity contribution in [3.63, 3.8) is 0 Å². The molecular formula is C16H19N. The third-order valence-electron chi connectivity index (χ3n) is 3.08. The van der Waals surface area contributed by atoms with E-state index in [1.807, 2.05) is 7.05 Å². The minimum Gasteiger partial charge on any atom is -0.313 e. The summed E-state index contributed by atoms with van der Waals surface area (Å²) in [5.74, 6) is 0. The van der Waals surface area contributed by atoms with Crippen molar-refractivity contribution in [2.75, 3.05) is 7.05 Å². The number of aryl methyl sites for hydroxylation is 1. The fourth-order valence-electron chi connectivity index (χ4n) is 2.12. The van der Waals surface area contributed by atoms with Crippen LogP contribution >= 0.6 is 0 Å². The van der Waals surface area contributed by atoms with Gasteiger partial charge in [-0.3, -0.25) is 0 Å². The second-order valence-electron chi connectivity index (χ2n) is 4.45. The molecule has 0 saturated heterocycles. The lowest BCUT2D eigenvalue weighted by atomic mass is 9.98. The van der Waals surface area contributed by atoms with E-state index in [1.54, 1.807) is 0 Å². The third-order valence-corrected chi connectivity index (χ3v) is 3.08. The van der Waals surface area contributed by atoms with Gasteiger partial charge in [-0.2, -0.15) is 0 Å². The smallest absolute Gasteiger partial charge is 0.0358 e. The van der Waals surface area contributed by atoms with E-state index >= 15 is 0 Å². The Morgan fingerprint density at radius 1 is 1.00 bits per heavy atom. The molecule has 0 heterocycles. The molecule has 0 aliphatic rings. The maximum atomic E-state index is 3.39. The summed E-state index contributed by atoms with van der Waals surface area (Å²) in [7, 11) is 2.02. The summed E-state index contributed by atoms with van der Waals surface area (Å²) in [6.45, 7) is 2.14. The molecule has 1 unspecified atom stereocenters. The molecule has 0 radical (unpaired) electrons. The van der Waals surface area contributed by atoms with E-state index in [4.69, 9.17) is 0 Å². The zero-order valence-corrected chi connectivity index (χ0v) is 10.5. The summed E-state index contributed by atoms with van der Waals surface area (Å²) >= 11 is 0. The molecule has 2 aromatic rings. The van der Waals surface area contributed by atoms with Gasteiger partial charge in [-0.25, -0.2) is 0 Å². The van der Waals surface area contributed by atoms with Crippen molar-refractivity contribution in [2.24, 2.45) is 0 Å². The molecule has 0 spiro atoms. The highest BCUT2D eigenvalue weighted by Gasteiger charge is 2.09. The number of nitrogens with one attached hydrogen (secondary N) is 1. The summed E-state index contributed by atoms with van der Waals surface area (Å²) in [6, 6.07) is 19.7. The molecule has 1 N–H and O–H groups in total. The Morgan fingerprint density at radius 3 is 2.41 bits per heavy atom. The molecule has 2 aromatic carbocycles. The van der Waals surface area contributed by atoms with E-state index in [9.17, 15) is 0 Å². The molecule has 88 valence electrons. The van der Waals surface area contributed by atoms with E-state index in [2.05, 4.69) is 66.8 Å². The highest BCUT2D eigenvalue weighted by Crippen LogP contribution is 2.18. The highest BCUT2D eigenvalue weighted by molar-refractivity contribution is 5.27. The number of benzene rings is 2. The van der Waals surface area contributed by atoms with Crippen LogP contribution in [-0.4, -0.2) is 7.05 Å². The van der Waals surface area contributed by atoms with Crippen LogP contribution in [0.1, 0.15) is 22.7 Å². The summed E-state index contributed by atoms with van der Waals surface area (Å²) in [5.41, 5.74) is 4.04. The lowest BCUT2D eigenvalue weighted by molar-refractivity contribution is 0.592. The minimum atomic E-state index is 0.386. The van der Waals surface area contributed by atoms with Gasteiger partial charge in [0.15, 0.2) is 0 Å². The van der Waals surface area contributed by atoms with Gasteiger partial charge in [-0.05, 0) is 31.5 Å². The van der Waals surface area contributed by atoms with Crippen LogP contribution in [0.5, 0.6) is 0 Å². The standard InChI is InChI=1S/C16H19N/c1-13-7-6-10-15(11-13)16(17-2)12-14-8-4-3-5-9-14/h3-11,16-17H,12H2,1-2H3. The van der Waals surface area contributed by atoms with Gasteiger partial charge >= 0.3 is 0 Å². The van der Waals surface area contributed by atoms with Gasteiger partial charge < -0.3 is 5.32 Å². The first-order chi connectivity index (χ1) is 8.29. The van der Waals surface area contributed by atoms with Gasteiger partial charge in [0.05, 0.1) is 0 Å². The molecule has 0 aromatic heterocycles. The van der Waals surface area contributed by atoms with Crippen molar-refractivity contribution >= 4 is 0 Å². The molecule has 0 aliphatic carbocycles. The molecule has 17 heavy (non-hydrogen) atoms. The van der Waals surface area contributed by atoms with Crippen LogP contribution in [0, 0.1) is 6.92 Å². The Kier molecular flexibility index (Phi) is 3.94. The Balaban J connectivity index is 2.17. The quantitative estimate of drug-likeness (QED) is 0.839. The second-order valence-corrected chi connectivity index (χ2v) is 4.45. The normalized spacial score (nSPS) is 12.4. The van der Waals surface area contributed by atoms with E-state index in [0.29, 0.717) is 6.04 Å². The van der Waals surface area contributed by atoms with Crippen molar-refractivity contribution in [1.82, 2.24) is 5.32 Å². The SMILES string of the molecule is CNC(Cc1ccccc1)c1cccc(C)c1. The summed E-state index contributed by atoms with van der Waals surface area (Å²) in [5, 5.41) is 3.39. The topological polar surface area (TPSA) is 12.0 Å². The van der Waals surface area contributed by atoms with Gasteiger partial charge in [0.1, 0.15) is 0 Å². The van der Waals surface area contributed by atoms with Crippen molar-refractivity contribution in [2.45, 2.75) is 19.4 Å². The van der Waals surface area contributed by atoms with Crippen LogP contribution in [0.15, 0.2) is 54.6 Å². The fraction of sp³-hybridized carbons (Fsp3) is 0.250. The molecule has 0 aliphatic heterocycles. The van der Waals surface area contributed by atoms with Gasteiger partial charge in [0, 0.05) is 6.04 Å². The highest BCUT2D eigenvalue weighted by atomic mass is 14.9. The second kappa shape index (κ2) is 5.65. The molecular weight excluding hydrogens is 206 g/mol. The Morgan fingerprint density at radius 2 is 1.76 bits per heavy atom. The van der Waals surface area contributed by atoms with Gasteiger partial charge in [0.2, 0.25) is 0 Å². The van der Waals surface area contributed by atoms with Gasteiger partial charge in [0.25, 0.3) is 0 Å². The molecule has 1 heteroatoms. The largest absolute Gasteiger partial charge is 0.313 e. The zero-order valence-electron chi connectivity index (χ0n) is 10.5. The Bertz CT molecular complexity index is 462. The molecule has 0 amide bonds. The monoisotopic (exact) mass is 225 g/mol. The molecule has 1 nitrogen and oxygen atoms in total. The molecule has 1 atom stereocenters. The third kappa shape index (κ3) is 3.18.